The Labute approximate surface area is 291 Å². The number of hydrogen-bond donors (Lipinski definition) is 0. The Morgan fingerprint density at radius 3 is 1.45 bits per heavy atom. The van der Waals surface area contributed by atoms with Crippen LogP contribution >= 0.6 is 15.9 Å². The molecule has 1 aliphatic heterocycles. The average molecular weight is 710 g/mol. The number of ketones is 1. The maximum absolute atomic E-state index is 16.0. The molecule has 3 aliphatic rings. The third-order valence-electron chi connectivity index (χ3n) is 10.5. The Kier molecular flexibility index (Phi) is 6.94. The second-order valence-corrected chi connectivity index (χ2v) is 13.9. The highest BCUT2D eigenvalue weighted by molar-refractivity contribution is 9.10. The minimum atomic E-state index is -1.54. The van der Waals surface area contributed by atoms with Crippen LogP contribution in [0, 0.1) is 35.8 Å². The molecule has 0 aromatic heterocycles. The predicted octanol–water partition coefficient (Wildman–Crippen LogP) is 8.16. The summed E-state index contributed by atoms with van der Waals surface area (Å²) in [5, 5.41) is 11.6. The van der Waals surface area contributed by atoms with Gasteiger partial charge < -0.3 is 0 Å². The first-order chi connectivity index (χ1) is 23.6. The summed E-state index contributed by atoms with van der Waals surface area (Å²) < 4.78 is 0.232. The lowest BCUT2D eigenvalue weighted by molar-refractivity contribution is -0.384. The van der Waals surface area contributed by atoms with Crippen molar-refractivity contribution < 1.29 is 19.3 Å². The van der Waals surface area contributed by atoms with Gasteiger partial charge in [0.2, 0.25) is 11.8 Å². The molecule has 2 aliphatic carbocycles. The number of rotatable bonds is 6. The van der Waals surface area contributed by atoms with Gasteiger partial charge in [-0.05, 0) is 69.2 Å². The minimum Gasteiger partial charge on any atom is -0.297 e. The van der Waals surface area contributed by atoms with E-state index in [-0.39, 0.29) is 21.6 Å². The van der Waals surface area contributed by atoms with Crippen LogP contribution in [0.2, 0.25) is 0 Å². The predicted molar refractivity (Wildman–Crippen MR) is 191 cm³/mol. The van der Waals surface area contributed by atoms with Crippen LogP contribution in [0.3, 0.4) is 0 Å². The number of fused-ring (bicyclic) bond motifs is 5. The summed E-state index contributed by atoms with van der Waals surface area (Å²) in [4.78, 5) is 58.5. The molecule has 1 saturated carbocycles. The molecule has 240 valence electrons. The Morgan fingerprint density at radius 1 is 0.633 bits per heavy atom. The molecule has 7 nitrogen and oxygen atoms in total. The molecule has 5 aromatic rings. The van der Waals surface area contributed by atoms with E-state index in [2.05, 4.69) is 15.9 Å². The van der Waals surface area contributed by atoms with Crippen molar-refractivity contribution in [2.24, 2.45) is 11.8 Å². The van der Waals surface area contributed by atoms with Crippen LogP contribution in [0.1, 0.15) is 33.4 Å². The minimum absolute atomic E-state index is 0.184. The Morgan fingerprint density at radius 2 is 1.06 bits per heavy atom. The number of carbonyl (C=O) groups excluding carboxylic acids is 3. The Bertz CT molecular complexity index is 2120. The van der Waals surface area contributed by atoms with E-state index in [4.69, 9.17) is 0 Å². The summed E-state index contributed by atoms with van der Waals surface area (Å²) in [6.07, 6.45) is 0. The number of nitro benzene ring substituents is 1. The van der Waals surface area contributed by atoms with Crippen molar-refractivity contribution in [1.82, 2.24) is 0 Å². The van der Waals surface area contributed by atoms with E-state index in [1.54, 1.807) is 0 Å². The number of benzene rings is 5. The summed E-state index contributed by atoms with van der Waals surface area (Å²) in [6, 6.07) is 38.7. The normalized spacial score (nSPS) is 24.1. The first-order valence-electron chi connectivity index (χ1n) is 16.0. The van der Waals surface area contributed by atoms with E-state index in [0.717, 1.165) is 27.2 Å². The quantitative estimate of drug-likeness (QED) is 0.101. The van der Waals surface area contributed by atoms with E-state index in [1.807, 2.05) is 123 Å². The lowest BCUT2D eigenvalue weighted by Crippen LogP contribution is -2.45. The summed E-state index contributed by atoms with van der Waals surface area (Å²) in [6.45, 7) is 4.00. The summed E-state index contributed by atoms with van der Waals surface area (Å²) >= 11 is 3.42. The highest BCUT2D eigenvalue weighted by Crippen LogP contribution is 2.74. The van der Waals surface area contributed by atoms with Crippen molar-refractivity contribution in [2.45, 2.75) is 24.7 Å². The lowest BCUT2D eigenvalue weighted by atomic mass is 9.59. The fraction of sp³-hybridized carbons (Fsp3) is 0.146. The van der Waals surface area contributed by atoms with Gasteiger partial charge in [0.05, 0.1) is 33.3 Å². The van der Waals surface area contributed by atoms with Crippen LogP contribution in [-0.4, -0.2) is 22.5 Å². The largest absolute Gasteiger partial charge is 0.297 e. The molecule has 0 spiro atoms. The number of carbonyl (C=O) groups is 3. The number of nitrogens with zero attached hydrogens (tertiary/aromatic N) is 2. The molecule has 0 unspecified atom stereocenters. The van der Waals surface area contributed by atoms with Gasteiger partial charge in [-0.25, -0.2) is 4.90 Å². The zero-order chi connectivity index (χ0) is 34.2. The molecule has 49 heavy (non-hydrogen) atoms. The van der Waals surface area contributed by atoms with Crippen molar-refractivity contribution in [3.05, 3.63) is 175 Å². The first-order valence-corrected chi connectivity index (χ1v) is 16.8. The highest BCUT2D eigenvalue weighted by Gasteiger charge is 2.82. The molecule has 8 heteroatoms. The SMILES string of the molecule is Cc1ccc(C2=C(c3ccc(C)cc3)[C@@]3(c4ccccc4)C(=O)[C@@]2(c2ccccc2)[C@H]2C(=O)N(c4ccc([N+](=O)[O-])cc4Br)C(=O)[C@@H]23)cc1. The van der Waals surface area contributed by atoms with Gasteiger partial charge in [0.1, 0.15) is 0 Å². The van der Waals surface area contributed by atoms with Crippen LogP contribution in [-0.2, 0) is 25.2 Å². The van der Waals surface area contributed by atoms with Gasteiger partial charge in [0, 0.05) is 16.6 Å². The van der Waals surface area contributed by atoms with E-state index in [1.165, 1.54) is 18.2 Å². The molecule has 1 heterocycles. The van der Waals surface area contributed by atoms with E-state index < -0.39 is 39.4 Å². The summed E-state index contributed by atoms with van der Waals surface area (Å²) in [5.41, 5.74) is 3.31. The Hall–Kier alpha value is -5.47. The molecule has 0 N–H and O–H groups in total. The summed E-state index contributed by atoms with van der Waals surface area (Å²) in [7, 11) is 0. The number of halogens is 1. The smallest absolute Gasteiger partial charge is 0.270 e. The molecule has 5 aromatic carbocycles. The van der Waals surface area contributed by atoms with Crippen LogP contribution in [0.25, 0.3) is 11.1 Å². The van der Waals surface area contributed by atoms with Gasteiger partial charge in [0.25, 0.3) is 5.69 Å². The topological polar surface area (TPSA) is 97.6 Å². The second-order valence-electron chi connectivity index (χ2n) is 13.0. The van der Waals surface area contributed by atoms with E-state index in [0.29, 0.717) is 22.3 Å². The van der Waals surface area contributed by atoms with Crippen molar-refractivity contribution in [2.75, 3.05) is 4.90 Å². The number of Topliss-reactive ketones (excluding diaryl/α,β-unsaturated/α-hetero) is 1. The lowest BCUT2D eigenvalue weighted by Gasteiger charge is -2.39. The third kappa shape index (κ3) is 4.04. The van der Waals surface area contributed by atoms with Crippen molar-refractivity contribution in [1.29, 1.82) is 0 Å². The third-order valence-corrected chi connectivity index (χ3v) is 11.2. The van der Waals surface area contributed by atoms with Crippen LogP contribution in [0.5, 0.6) is 0 Å². The average Bonchev–Trinajstić information content (AvgIpc) is 3.62. The number of non-ortho nitro benzene ring substituents is 1. The highest BCUT2D eigenvalue weighted by atomic mass is 79.9. The van der Waals surface area contributed by atoms with Crippen molar-refractivity contribution in [3.63, 3.8) is 0 Å². The maximum Gasteiger partial charge on any atom is 0.270 e. The van der Waals surface area contributed by atoms with E-state index >= 15 is 14.4 Å². The monoisotopic (exact) mass is 708 g/mol. The molecule has 2 amide bonds. The zero-order valence-corrected chi connectivity index (χ0v) is 28.2. The molecule has 1 saturated heterocycles. The number of anilines is 1. The van der Waals surface area contributed by atoms with Gasteiger partial charge in [-0.3, -0.25) is 24.5 Å². The van der Waals surface area contributed by atoms with Crippen LogP contribution in [0.15, 0.2) is 132 Å². The Balaban J connectivity index is 1.53. The molecular formula is C41H29BrN2O5. The number of imide groups is 1. The van der Waals surface area contributed by atoms with Crippen molar-refractivity contribution in [3.8, 4) is 0 Å². The molecule has 4 atom stereocenters. The molecule has 2 fully saturated rings. The fourth-order valence-electron chi connectivity index (χ4n) is 8.59. The molecule has 0 radical (unpaired) electrons. The van der Waals surface area contributed by atoms with E-state index in [9.17, 15) is 10.1 Å². The molecular weight excluding hydrogens is 680 g/mol. The molecule has 2 bridgehead atoms. The number of aryl methyl sites for hydroxylation is 2. The van der Waals surface area contributed by atoms with Crippen LogP contribution < -0.4 is 4.90 Å². The molecule has 8 rings (SSSR count). The van der Waals surface area contributed by atoms with Gasteiger partial charge in [-0.15, -0.1) is 0 Å². The first kappa shape index (κ1) is 30.8. The maximum atomic E-state index is 16.0. The van der Waals surface area contributed by atoms with Gasteiger partial charge in [0.15, 0.2) is 5.78 Å². The standard InChI is InChI=1S/C41H29BrN2O5/c1-24-13-17-26(18-14-24)33-34(27-19-15-25(2)16-20-27)41(29-11-7-4-8-12-29)36-35(40(33,39(41)47)28-9-5-3-6-10-28)37(45)43(38(36)46)32-22-21-30(44(48)49)23-31(32)42/h3-23,35-36H,1-2H3/t35-,36-,40-,41-/m1/s1. The zero-order valence-electron chi connectivity index (χ0n) is 26.6. The summed E-state index contributed by atoms with van der Waals surface area (Å²) in [5.74, 6) is -3.44. The number of allylic oxidation sites excluding steroid dienone is 2. The number of amides is 2. The van der Waals surface area contributed by atoms with Crippen molar-refractivity contribution >= 4 is 56.0 Å². The van der Waals surface area contributed by atoms with Crippen LogP contribution in [0.4, 0.5) is 11.4 Å². The second kappa shape index (κ2) is 11.0. The van der Waals surface area contributed by atoms with Gasteiger partial charge >= 0.3 is 0 Å². The van der Waals surface area contributed by atoms with Gasteiger partial charge in [-0.2, -0.15) is 0 Å². The number of nitro groups is 1. The number of hydrogen-bond acceptors (Lipinski definition) is 5. The van der Waals surface area contributed by atoms with Gasteiger partial charge in [-0.1, -0.05) is 120 Å². The fourth-order valence-corrected chi connectivity index (χ4v) is 9.14.